The number of hydrogen-bond donors (Lipinski definition) is 2. The molecular formula is C15H22IN3O. The molecule has 0 saturated heterocycles. The third kappa shape index (κ3) is 3.31. The van der Waals surface area contributed by atoms with Gasteiger partial charge in [0.1, 0.15) is 0 Å². The summed E-state index contributed by atoms with van der Waals surface area (Å²) in [5.41, 5.74) is 14.7. The second-order valence-corrected chi connectivity index (χ2v) is 6.94. The Morgan fingerprint density at radius 2 is 1.95 bits per heavy atom. The summed E-state index contributed by atoms with van der Waals surface area (Å²) in [6, 6.07) is 4.00. The monoisotopic (exact) mass is 387 g/mol. The van der Waals surface area contributed by atoms with Crippen LogP contribution in [-0.4, -0.2) is 7.05 Å². The van der Waals surface area contributed by atoms with Gasteiger partial charge in [-0.15, -0.1) is 6.58 Å². The van der Waals surface area contributed by atoms with E-state index in [2.05, 4.69) is 21.9 Å². The van der Waals surface area contributed by atoms with Crippen LogP contribution in [0.2, 0.25) is 0 Å². The van der Waals surface area contributed by atoms with Crippen LogP contribution in [0.1, 0.15) is 37.2 Å². The Morgan fingerprint density at radius 1 is 1.25 bits per heavy atom. The fourth-order valence-corrected chi connectivity index (χ4v) is 3.59. The van der Waals surface area contributed by atoms with Crippen molar-refractivity contribution < 1.29 is 3.07 Å². The largest absolute Gasteiger partial charge is 0.418 e. The summed E-state index contributed by atoms with van der Waals surface area (Å²) < 4.78 is 9.58. The first-order valence-electron chi connectivity index (χ1n) is 6.88. The Morgan fingerprint density at radius 3 is 2.55 bits per heavy atom. The van der Waals surface area contributed by atoms with Gasteiger partial charge in [-0.3, -0.25) is 0 Å². The van der Waals surface area contributed by atoms with Crippen LogP contribution in [0.5, 0.6) is 5.75 Å². The lowest BCUT2D eigenvalue weighted by atomic mass is 9.78. The predicted molar refractivity (Wildman–Crippen MR) is 93.2 cm³/mol. The predicted octanol–water partition coefficient (Wildman–Crippen LogP) is 4.39. The Bertz CT molecular complexity index is 508. The molecule has 0 spiro atoms. The standard InChI is InChI=1S/C15H22IN3O/c1-3-10-4-6-11(7-5-10)12-8-9-13(20-16-19-2)15(18)14(12)17/h3,8-11H,1,4-7,17-18H2,2H3. The normalized spacial score (nSPS) is 23.2. The molecule has 0 aromatic heterocycles. The number of nitrogen functional groups attached to an aromatic ring is 2. The molecule has 0 aliphatic heterocycles. The molecule has 0 atom stereocenters. The minimum absolute atomic E-state index is 0.508. The van der Waals surface area contributed by atoms with E-state index in [0.29, 0.717) is 29.0 Å². The topological polar surface area (TPSA) is 73.6 Å². The molecule has 0 amide bonds. The van der Waals surface area contributed by atoms with Gasteiger partial charge in [-0.25, -0.2) is 3.15 Å². The van der Waals surface area contributed by atoms with Crippen LogP contribution < -0.4 is 14.5 Å². The van der Waals surface area contributed by atoms with E-state index in [1.165, 1.54) is 18.4 Å². The molecule has 1 saturated carbocycles. The second-order valence-electron chi connectivity index (χ2n) is 5.14. The smallest absolute Gasteiger partial charge is 0.232 e. The lowest BCUT2D eigenvalue weighted by molar-refractivity contribution is 0.377. The SMILES string of the molecule is C=CC1CCC(c2ccc(OI=NC)c(N)c2N)CC1. The van der Waals surface area contributed by atoms with E-state index in [4.69, 9.17) is 14.5 Å². The average Bonchev–Trinajstić information content (AvgIpc) is 2.49. The highest BCUT2D eigenvalue weighted by Gasteiger charge is 2.23. The molecule has 5 heteroatoms. The first kappa shape index (κ1) is 15.3. The van der Waals surface area contributed by atoms with Gasteiger partial charge < -0.3 is 14.5 Å². The fraction of sp³-hybridized carbons (Fsp3) is 0.467. The van der Waals surface area contributed by atoms with E-state index >= 15 is 0 Å². The minimum atomic E-state index is -0.636. The number of halogens is 1. The summed E-state index contributed by atoms with van der Waals surface area (Å²) in [5, 5.41) is 0. The molecule has 110 valence electrons. The quantitative estimate of drug-likeness (QED) is 0.457. The van der Waals surface area contributed by atoms with Gasteiger partial charge in [0.2, 0.25) is 21.4 Å². The number of nitrogens with two attached hydrogens (primary N) is 2. The number of allylic oxidation sites excluding steroid dienone is 1. The van der Waals surface area contributed by atoms with Crippen molar-refractivity contribution in [3.05, 3.63) is 30.4 Å². The van der Waals surface area contributed by atoms with Crippen LogP contribution in [0.4, 0.5) is 11.4 Å². The number of benzene rings is 1. The van der Waals surface area contributed by atoms with Crippen molar-refractivity contribution in [3.8, 4) is 5.75 Å². The highest BCUT2D eigenvalue weighted by atomic mass is 127. The first-order valence-corrected chi connectivity index (χ1v) is 8.72. The van der Waals surface area contributed by atoms with Gasteiger partial charge in [-0.2, -0.15) is 0 Å². The molecule has 1 aromatic rings. The van der Waals surface area contributed by atoms with E-state index in [9.17, 15) is 0 Å². The van der Waals surface area contributed by atoms with Gasteiger partial charge in [0.15, 0.2) is 5.75 Å². The van der Waals surface area contributed by atoms with Crippen LogP contribution in [-0.2, 0) is 0 Å². The van der Waals surface area contributed by atoms with Gasteiger partial charge in [0.25, 0.3) is 0 Å². The lowest BCUT2D eigenvalue weighted by Gasteiger charge is -2.28. The van der Waals surface area contributed by atoms with E-state index in [1.54, 1.807) is 7.05 Å². The van der Waals surface area contributed by atoms with Gasteiger partial charge in [0, 0.05) is 7.05 Å². The molecule has 1 aliphatic carbocycles. The van der Waals surface area contributed by atoms with Crippen molar-refractivity contribution in [1.82, 2.24) is 0 Å². The zero-order valence-corrected chi connectivity index (χ0v) is 14.0. The molecule has 0 bridgehead atoms. The average molecular weight is 387 g/mol. The summed E-state index contributed by atoms with van der Waals surface area (Å²) in [6.07, 6.45) is 6.75. The molecule has 0 radical (unpaired) electrons. The minimum Gasteiger partial charge on any atom is -0.418 e. The maximum atomic E-state index is 6.21. The zero-order valence-electron chi connectivity index (χ0n) is 11.8. The van der Waals surface area contributed by atoms with Crippen molar-refractivity contribution in [2.45, 2.75) is 31.6 Å². The Kier molecular flexibility index (Phi) is 5.39. The third-order valence-corrected chi connectivity index (χ3v) is 5.08. The number of nitrogens with zero attached hydrogens (tertiary/aromatic N) is 1. The number of anilines is 2. The lowest BCUT2D eigenvalue weighted by Crippen LogP contribution is -2.13. The van der Waals surface area contributed by atoms with Gasteiger partial charge in [0.05, 0.1) is 11.4 Å². The molecule has 0 heterocycles. The van der Waals surface area contributed by atoms with E-state index in [-0.39, 0.29) is 0 Å². The Hall–Kier alpha value is -1.11. The summed E-state index contributed by atoms with van der Waals surface area (Å²) >= 11 is -0.636. The Balaban J connectivity index is 2.17. The molecule has 0 unspecified atom stereocenters. The third-order valence-electron chi connectivity index (χ3n) is 4.01. The molecule has 1 fully saturated rings. The molecule has 1 aliphatic rings. The van der Waals surface area contributed by atoms with Crippen molar-refractivity contribution in [3.63, 3.8) is 0 Å². The van der Waals surface area contributed by atoms with Crippen molar-refractivity contribution in [2.24, 2.45) is 9.06 Å². The molecule has 4 nitrogen and oxygen atoms in total. The first-order chi connectivity index (χ1) is 9.67. The molecule has 2 rings (SSSR count). The van der Waals surface area contributed by atoms with Gasteiger partial charge >= 0.3 is 0 Å². The Labute approximate surface area is 131 Å². The summed E-state index contributed by atoms with van der Waals surface area (Å²) in [7, 11) is 1.75. The summed E-state index contributed by atoms with van der Waals surface area (Å²) in [5.74, 6) is 1.83. The van der Waals surface area contributed by atoms with Gasteiger partial charge in [-0.05, 0) is 49.1 Å². The maximum Gasteiger partial charge on any atom is 0.232 e. The molecule has 4 N–H and O–H groups in total. The van der Waals surface area contributed by atoms with E-state index in [1.807, 2.05) is 6.07 Å². The van der Waals surface area contributed by atoms with Crippen LogP contribution in [0.25, 0.3) is 0 Å². The molecule has 20 heavy (non-hydrogen) atoms. The summed E-state index contributed by atoms with van der Waals surface area (Å²) in [6.45, 7) is 3.89. The number of hydrogen-bond acceptors (Lipinski definition) is 4. The van der Waals surface area contributed by atoms with Crippen molar-refractivity contribution >= 4 is 32.8 Å². The van der Waals surface area contributed by atoms with E-state index in [0.717, 1.165) is 12.8 Å². The number of rotatable bonds is 4. The van der Waals surface area contributed by atoms with Crippen LogP contribution in [0.15, 0.2) is 27.9 Å². The second kappa shape index (κ2) is 7.06. The van der Waals surface area contributed by atoms with Crippen molar-refractivity contribution in [2.75, 3.05) is 18.5 Å². The summed E-state index contributed by atoms with van der Waals surface area (Å²) in [4.78, 5) is 0. The molecule has 1 aromatic carbocycles. The van der Waals surface area contributed by atoms with Crippen molar-refractivity contribution in [1.29, 1.82) is 0 Å². The highest BCUT2D eigenvalue weighted by Crippen LogP contribution is 2.42. The van der Waals surface area contributed by atoms with Crippen LogP contribution in [0.3, 0.4) is 0 Å². The van der Waals surface area contributed by atoms with Gasteiger partial charge in [-0.1, -0.05) is 12.1 Å². The van der Waals surface area contributed by atoms with Crippen LogP contribution in [0, 0.1) is 5.92 Å². The fourth-order valence-electron chi connectivity index (χ4n) is 2.79. The van der Waals surface area contributed by atoms with Crippen LogP contribution >= 0.6 is 21.4 Å². The highest BCUT2D eigenvalue weighted by molar-refractivity contribution is 14.1. The maximum absolute atomic E-state index is 6.21. The molecular weight excluding hydrogens is 365 g/mol. The van der Waals surface area contributed by atoms with E-state index < -0.39 is 21.4 Å². The zero-order chi connectivity index (χ0) is 14.5.